The van der Waals surface area contributed by atoms with Crippen LogP contribution in [0, 0.1) is 0 Å². The molecule has 4 rings (SSSR count). The van der Waals surface area contributed by atoms with Gasteiger partial charge >= 0.3 is 0 Å². The molecular weight excluding hydrogens is 322 g/mol. The first kappa shape index (κ1) is 16.0. The van der Waals surface area contributed by atoms with Crippen LogP contribution >= 0.6 is 0 Å². The zero-order valence-electron chi connectivity index (χ0n) is 14.3. The number of aliphatic hydroxyl groups excluding tert-OH is 1. The average molecular weight is 343 g/mol. The second-order valence-electron chi connectivity index (χ2n) is 6.38. The van der Waals surface area contributed by atoms with Crippen molar-refractivity contribution in [3.8, 4) is 11.5 Å². The van der Waals surface area contributed by atoms with Crippen LogP contribution in [0.4, 0.5) is 0 Å². The van der Waals surface area contributed by atoms with Gasteiger partial charge in [-0.1, -0.05) is 0 Å². The van der Waals surface area contributed by atoms with E-state index in [0.717, 1.165) is 22.5 Å². The minimum atomic E-state index is -0.537. The summed E-state index contributed by atoms with van der Waals surface area (Å²) in [7, 11) is 3.48. The number of fused-ring (bicyclic) bond motifs is 1. The molecule has 0 saturated carbocycles. The Labute approximate surface area is 145 Å². The van der Waals surface area contributed by atoms with E-state index in [1.807, 2.05) is 31.3 Å². The summed E-state index contributed by atoms with van der Waals surface area (Å²) in [5, 5.41) is 15.4. The predicted octanol–water partition coefficient (Wildman–Crippen LogP) is 1.80. The van der Waals surface area contributed by atoms with Crippen LogP contribution in [0.25, 0.3) is 11.0 Å². The van der Waals surface area contributed by atoms with Gasteiger partial charge in [0.25, 0.3) is 0 Å². The topological polar surface area (TPSA) is 72.9 Å². The minimum Gasteiger partial charge on any atom is -0.497 e. The Balaban J connectivity index is 1.43. The first-order valence-corrected chi connectivity index (χ1v) is 8.23. The van der Waals surface area contributed by atoms with Crippen LogP contribution in [0.15, 0.2) is 41.1 Å². The zero-order valence-corrected chi connectivity index (χ0v) is 14.3. The molecule has 1 aromatic carbocycles. The smallest absolute Gasteiger partial charge is 0.157 e. The molecule has 0 aliphatic carbocycles. The summed E-state index contributed by atoms with van der Waals surface area (Å²) in [5.41, 5.74) is 0.832. The van der Waals surface area contributed by atoms with Gasteiger partial charge in [-0.25, -0.2) is 0 Å². The molecule has 132 valence electrons. The van der Waals surface area contributed by atoms with E-state index in [1.165, 1.54) is 0 Å². The molecule has 1 aliphatic rings. The number of furan rings is 1. The molecule has 7 nitrogen and oxygen atoms in total. The van der Waals surface area contributed by atoms with Crippen molar-refractivity contribution >= 4 is 11.0 Å². The maximum absolute atomic E-state index is 10.3. The number of aliphatic hydroxyl groups is 1. The molecular formula is C18H21N3O4. The van der Waals surface area contributed by atoms with Crippen LogP contribution in [0.1, 0.15) is 5.76 Å². The normalized spacial score (nSPS) is 21.1. The van der Waals surface area contributed by atoms with Gasteiger partial charge in [-0.05, 0) is 24.3 Å². The Morgan fingerprint density at radius 1 is 1.28 bits per heavy atom. The number of aryl methyl sites for hydroxylation is 1. The van der Waals surface area contributed by atoms with Crippen molar-refractivity contribution < 1.29 is 19.0 Å². The number of hydrogen-bond acceptors (Lipinski definition) is 6. The van der Waals surface area contributed by atoms with Crippen LogP contribution in [-0.4, -0.2) is 52.2 Å². The fourth-order valence-corrected chi connectivity index (χ4v) is 3.21. The summed E-state index contributed by atoms with van der Waals surface area (Å²) in [6, 6.07) is 7.76. The summed E-state index contributed by atoms with van der Waals surface area (Å²) in [6.07, 6.45) is 2.64. The van der Waals surface area contributed by atoms with Gasteiger partial charge in [-0.3, -0.25) is 9.58 Å². The number of β-amino-alcohol motifs (C(OH)–C–C–N with tert-alkyl or cyclic N) is 1. The van der Waals surface area contributed by atoms with Gasteiger partial charge in [0.15, 0.2) is 5.75 Å². The van der Waals surface area contributed by atoms with E-state index in [2.05, 4.69) is 10.00 Å². The summed E-state index contributed by atoms with van der Waals surface area (Å²) < 4.78 is 18.7. The van der Waals surface area contributed by atoms with E-state index < -0.39 is 6.10 Å². The lowest BCUT2D eigenvalue weighted by atomic mass is 10.2. The van der Waals surface area contributed by atoms with Gasteiger partial charge in [0.1, 0.15) is 29.3 Å². The van der Waals surface area contributed by atoms with Crippen molar-refractivity contribution in [1.29, 1.82) is 0 Å². The van der Waals surface area contributed by atoms with Gasteiger partial charge in [0, 0.05) is 25.5 Å². The Morgan fingerprint density at radius 2 is 2.16 bits per heavy atom. The number of benzene rings is 1. The Bertz CT molecular complexity index is 872. The molecule has 3 aromatic rings. The second-order valence-corrected chi connectivity index (χ2v) is 6.38. The number of likely N-dealkylation sites (tertiary alicyclic amines) is 1. The summed E-state index contributed by atoms with van der Waals surface area (Å²) in [5.74, 6) is 2.34. The highest BCUT2D eigenvalue weighted by atomic mass is 16.5. The number of aromatic nitrogens is 2. The SMILES string of the molecule is COc1ccc2oc(CN3C[C@@H](O)[C@H](Oc4cnn(C)c4)C3)cc2c1. The summed E-state index contributed by atoms with van der Waals surface area (Å²) in [6.45, 7) is 1.81. The number of hydrogen-bond donors (Lipinski definition) is 1. The van der Waals surface area contributed by atoms with Crippen molar-refractivity contribution in [2.75, 3.05) is 20.2 Å². The molecule has 1 fully saturated rings. The third-order valence-corrected chi connectivity index (χ3v) is 4.44. The Morgan fingerprint density at radius 3 is 2.92 bits per heavy atom. The highest BCUT2D eigenvalue weighted by Crippen LogP contribution is 2.26. The molecule has 2 aromatic heterocycles. The quantitative estimate of drug-likeness (QED) is 0.762. The summed E-state index contributed by atoms with van der Waals surface area (Å²) >= 11 is 0. The molecule has 25 heavy (non-hydrogen) atoms. The first-order valence-electron chi connectivity index (χ1n) is 8.23. The van der Waals surface area contributed by atoms with Crippen molar-refractivity contribution in [2.24, 2.45) is 7.05 Å². The van der Waals surface area contributed by atoms with Crippen LogP contribution < -0.4 is 9.47 Å². The number of ether oxygens (including phenoxy) is 2. The third kappa shape index (κ3) is 3.33. The Hall–Kier alpha value is -2.51. The largest absolute Gasteiger partial charge is 0.497 e. The van der Waals surface area contributed by atoms with E-state index in [1.54, 1.807) is 24.2 Å². The van der Waals surface area contributed by atoms with Crippen LogP contribution in [0.5, 0.6) is 11.5 Å². The van der Waals surface area contributed by atoms with E-state index in [4.69, 9.17) is 13.9 Å². The standard InChI is InChI=1S/C18H21N3O4/c1-20-8-15(7-19-20)25-18-11-21(10-16(18)22)9-14-6-12-5-13(23-2)3-4-17(12)24-14/h3-8,16,18,22H,9-11H2,1-2H3/t16-,18-/m1/s1. The Kier molecular flexibility index (Phi) is 4.10. The van der Waals surface area contributed by atoms with Crippen molar-refractivity contribution in [1.82, 2.24) is 14.7 Å². The van der Waals surface area contributed by atoms with Crippen LogP contribution in [-0.2, 0) is 13.6 Å². The third-order valence-electron chi connectivity index (χ3n) is 4.44. The van der Waals surface area contributed by atoms with E-state index in [0.29, 0.717) is 25.4 Å². The molecule has 2 atom stereocenters. The monoisotopic (exact) mass is 343 g/mol. The van der Waals surface area contributed by atoms with E-state index in [9.17, 15) is 5.11 Å². The molecule has 7 heteroatoms. The molecule has 0 amide bonds. The molecule has 0 unspecified atom stereocenters. The second kappa shape index (κ2) is 6.42. The molecule has 0 spiro atoms. The maximum Gasteiger partial charge on any atom is 0.157 e. The van der Waals surface area contributed by atoms with Crippen molar-refractivity contribution in [3.63, 3.8) is 0 Å². The molecule has 3 heterocycles. The fourth-order valence-electron chi connectivity index (χ4n) is 3.21. The first-order chi connectivity index (χ1) is 12.1. The molecule has 1 saturated heterocycles. The highest BCUT2D eigenvalue weighted by Gasteiger charge is 2.33. The molecule has 0 bridgehead atoms. The molecule has 1 N–H and O–H groups in total. The number of methoxy groups -OCH3 is 1. The molecule has 0 radical (unpaired) electrons. The lowest BCUT2D eigenvalue weighted by molar-refractivity contribution is 0.0736. The lowest BCUT2D eigenvalue weighted by Gasteiger charge is -2.15. The lowest BCUT2D eigenvalue weighted by Crippen LogP contribution is -2.29. The van der Waals surface area contributed by atoms with Gasteiger partial charge in [-0.2, -0.15) is 5.10 Å². The predicted molar refractivity (Wildman–Crippen MR) is 91.7 cm³/mol. The van der Waals surface area contributed by atoms with Crippen LogP contribution in [0.2, 0.25) is 0 Å². The maximum atomic E-state index is 10.3. The minimum absolute atomic E-state index is 0.270. The van der Waals surface area contributed by atoms with E-state index >= 15 is 0 Å². The summed E-state index contributed by atoms with van der Waals surface area (Å²) in [4.78, 5) is 2.13. The number of nitrogens with zero attached hydrogens (tertiary/aromatic N) is 3. The fraction of sp³-hybridized carbons (Fsp3) is 0.389. The van der Waals surface area contributed by atoms with Crippen LogP contribution in [0.3, 0.4) is 0 Å². The van der Waals surface area contributed by atoms with Gasteiger partial charge in [0.05, 0.1) is 26.0 Å². The van der Waals surface area contributed by atoms with Gasteiger partial charge in [0.2, 0.25) is 0 Å². The molecule has 1 aliphatic heterocycles. The van der Waals surface area contributed by atoms with Gasteiger partial charge < -0.3 is 19.0 Å². The van der Waals surface area contributed by atoms with E-state index in [-0.39, 0.29) is 6.10 Å². The van der Waals surface area contributed by atoms with Crippen molar-refractivity contribution in [2.45, 2.75) is 18.8 Å². The van der Waals surface area contributed by atoms with Gasteiger partial charge in [-0.15, -0.1) is 0 Å². The average Bonchev–Trinajstić information content (AvgIpc) is 3.26. The zero-order chi connectivity index (χ0) is 17.4. The van der Waals surface area contributed by atoms with Crippen molar-refractivity contribution in [3.05, 3.63) is 42.4 Å². The highest BCUT2D eigenvalue weighted by molar-refractivity contribution is 5.79. The number of rotatable bonds is 5.